The Balaban J connectivity index is 1.68. The van der Waals surface area contributed by atoms with Crippen molar-refractivity contribution in [3.05, 3.63) is 0 Å². The maximum atomic E-state index is 12.2. The van der Waals surface area contributed by atoms with Gasteiger partial charge in [-0.3, -0.25) is 9.59 Å². The van der Waals surface area contributed by atoms with Gasteiger partial charge in [0.15, 0.2) is 0 Å². The van der Waals surface area contributed by atoms with Gasteiger partial charge < -0.3 is 15.1 Å². The van der Waals surface area contributed by atoms with Gasteiger partial charge in [0, 0.05) is 38.0 Å². The molecule has 144 valence electrons. The number of nitrogens with zero attached hydrogens (tertiary/aromatic N) is 2. The zero-order valence-corrected chi connectivity index (χ0v) is 16.4. The minimum absolute atomic E-state index is 0.186. The maximum Gasteiger partial charge on any atom is 0.223 e. The first kappa shape index (κ1) is 20.2. The fourth-order valence-corrected chi connectivity index (χ4v) is 3.94. The Bertz CT molecular complexity index is 423. The lowest BCUT2D eigenvalue weighted by atomic mass is 9.92. The van der Waals surface area contributed by atoms with Crippen LogP contribution >= 0.6 is 0 Å². The lowest BCUT2D eigenvalue weighted by Crippen LogP contribution is -2.50. The number of piperidine rings is 2. The van der Waals surface area contributed by atoms with Crippen LogP contribution in [-0.2, 0) is 9.59 Å². The van der Waals surface area contributed by atoms with Crippen LogP contribution < -0.4 is 5.32 Å². The highest BCUT2D eigenvalue weighted by Gasteiger charge is 2.31. The summed E-state index contributed by atoms with van der Waals surface area (Å²) in [6.45, 7) is 11.0. The van der Waals surface area contributed by atoms with E-state index >= 15 is 0 Å². The van der Waals surface area contributed by atoms with E-state index < -0.39 is 0 Å². The molecular weight excluding hydrogens is 314 g/mol. The molecule has 2 heterocycles. The van der Waals surface area contributed by atoms with E-state index in [0.29, 0.717) is 24.3 Å². The first-order valence-electron chi connectivity index (χ1n) is 10.3. The SMILES string of the molecule is CCCCC(=O)N1CCC(N2CCC(C(=O)NCC(C)C)CC2)CC1. The lowest BCUT2D eigenvalue weighted by molar-refractivity contribution is -0.133. The zero-order valence-electron chi connectivity index (χ0n) is 16.4. The Morgan fingerprint density at radius 3 is 2.24 bits per heavy atom. The van der Waals surface area contributed by atoms with Crippen molar-refractivity contribution >= 4 is 11.8 Å². The van der Waals surface area contributed by atoms with Crippen molar-refractivity contribution in [1.82, 2.24) is 15.1 Å². The minimum Gasteiger partial charge on any atom is -0.356 e. The van der Waals surface area contributed by atoms with Gasteiger partial charge in [-0.05, 0) is 51.1 Å². The Kier molecular flexibility index (Phi) is 8.20. The van der Waals surface area contributed by atoms with Crippen LogP contribution in [0.4, 0.5) is 0 Å². The molecule has 0 aromatic carbocycles. The monoisotopic (exact) mass is 351 g/mol. The fraction of sp³-hybridized carbons (Fsp3) is 0.900. The molecule has 0 unspecified atom stereocenters. The predicted molar refractivity (Wildman–Crippen MR) is 101 cm³/mol. The van der Waals surface area contributed by atoms with Gasteiger partial charge in [0.2, 0.25) is 11.8 Å². The van der Waals surface area contributed by atoms with Crippen molar-refractivity contribution < 1.29 is 9.59 Å². The highest BCUT2D eigenvalue weighted by atomic mass is 16.2. The van der Waals surface area contributed by atoms with Crippen molar-refractivity contribution in [2.75, 3.05) is 32.7 Å². The summed E-state index contributed by atoms with van der Waals surface area (Å²) < 4.78 is 0. The summed E-state index contributed by atoms with van der Waals surface area (Å²) in [5, 5.41) is 3.08. The second-order valence-electron chi connectivity index (χ2n) is 8.16. The van der Waals surface area contributed by atoms with Crippen LogP contribution in [0.3, 0.4) is 0 Å². The van der Waals surface area contributed by atoms with Crippen LogP contribution in [0, 0.1) is 11.8 Å². The highest BCUT2D eigenvalue weighted by Crippen LogP contribution is 2.24. The molecule has 25 heavy (non-hydrogen) atoms. The summed E-state index contributed by atoms with van der Waals surface area (Å²) in [6, 6.07) is 0.593. The molecule has 1 N–H and O–H groups in total. The molecule has 0 aromatic rings. The maximum absolute atomic E-state index is 12.2. The topological polar surface area (TPSA) is 52.7 Å². The summed E-state index contributed by atoms with van der Waals surface area (Å²) >= 11 is 0. The second-order valence-corrected chi connectivity index (χ2v) is 8.16. The van der Waals surface area contributed by atoms with Crippen molar-refractivity contribution in [3.8, 4) is 0 Å². The van der Waals surface area contributed by atoms with E-state index in [2.05, 4.69) is 35.9 Å². The Hall–Kier alpha value is -1.10. The number of nitrogens with one attached hydrogen (secondary N) is 1. The predicted octanol–water partition coefficient (Wildman–Crippen LogP) is 2.65. The first-order valence-corrected chi connectivity index (χ1v) is 10.3. The third kappa shape index (κ3) is 6.28. The number of likely N-dealkylation sites (tertiary alicyclic amines) is 2. The number of amides is 2. The van der Waals surface area contributed by atoms with Crippen molar-refractivity contribution in [1.29, 1.82) is 0 Å². The molecule has 0 bridgehead atoms. The van der Waals surface area contributed by atoms with Gasteiger partial charge in [-0.15, -0.1) is 0 Å². The first-order chi connectivity index (χ1) is 12.0. The molecule has 2 amide bonds. The van der Waals surface area contributed by atoms with Crippen LogP contribution in [0.5, 0.6) is 0 Å². The second kappa shape index (κ2) is 10.1. The van der Waals surface area contributed by atoms with Gasteiger partial charge in [-0.25, -0.2) is 0 Å². The van der Waals surface area contributed by atoms with Gasteiger partial charge in [-0.2, -0.15) is 0 Å². The Labute approximate surface area is 153 Å². The van der Waals surface area contributed by atoms with Crippen LogP contribution in [0.15, 0.2) is 0 Å². The van der Waals surface area contributed by atoms with Crippen LogP contribution in [-0.4, -0.2) is 60.4 Å². The third-order valence-electron chi connectivity index (χ3n) is 5.66. The normalized spacial score (nSPS) is 20.9. The summed E-state index contributed by atoms with van der Waals surface area (Å²) in [4.78, 5) is 29.0. The van der Waals surface area contributed by atoms with E-state index in [4.69, 9.17) is 0 Å². The van der Waals surface area contributed by atoms with Crippen LogP contribution in [0.2, 0.25) is 0 Å². The van der Waals surface area contributed by atoms with Gasteiger partial charge in [-0.1, -0.05) is 27.2 Å². The number of hydrogen-bond acceptors (Lipinski definition) is 3. The molecule has 0 atom stereocenters. The zero-order chi connectivity index (χ0) is 18.2. The van der Waals surface area contributed by atoms with E-state index in [1.54, 1.807) is 0 Å². The fourth-order valence-electron chi connectivity index (χ4n) is 3.94. The number of carbonyl (C=O) groups excluding carboxylic acids is 2. The largest absolute Gasteiger partial charge is 0.356 e. The summed E-state index contributed by atoms with van der Waals surface area (Å²) in [5.74, 6) is 1.27. The molecular formula is C20H37N3O2. The summed E-state index contributed by atoms with van der Waals surface area (Å²) in [5.41, 5.74) is 0. The molecule has 0 saturated carbocycles. The smallest absolute Gasteiger partial charge is 0.223 e. The van der Waals surface area contributed by atoms with Crippen molar-refractivity contribution in [2.45, 2.75) is 71.8 Å². The quantitative estimate of drug-likeness (QED) is 0.767. The summed E-state index contributed by atoms with van der Waals surface area (Å²) in [6.07, 6.45) is 6.91. The van der Waals surface area contributed by atoms with Gasteiger partial charge >= 0.3 is 0 Å². The molecule has 2 fully saturated rings. The number of carbonyl (C=O) groups is 2. The van der Waals surface area contributed by atoms with Crippen LogP contribution in [0.1, 0.15) is 65.7 Å². The average molecular weight is 352 g/mol. The number of unbranched alkanes of at least 4 members (excludes halogenated alkanes) is 1. The number of rotatable bonds is 7. The molecule has 0 radical (unpaired) electrons. The molecule has 0 aromatic heterocycles. The van der Waals surface area contributed by atoms with Gasteiger partial charge in [0.1, 0.15) is 0 Å². The lowest BCUT2D eigenvalue weighted by Gasteiger charge is -2.41. The average Bonchev–Trinajstić information content (AvgIpc) is 2.64. The summed E-state index contributed by atoms with van der Waals surface area (Å²) in [7, 11) is 0. The minimum atomic E-state index is 0.186. The van der Waals surface area contributed by atoms with E-state index in [1.165, 1.54) is 0 Å². The van der Waals surface area contributed by atoms with E-state index in [-0.39, 0.29) is 11.8 Å². The van der Waals surface area contributed by atoms with Crippen molar-refractivity contribution in [2.24, 2.45) is 11.8 Å². The molecule has 2 rings (SSSR count). The molecule has 2 saturated heterocycles. The molecule has 2 aliphatic heterocycles. The van der Waals surface area contributed by atoms with Crippen molar-refractivity contribution in [3.63, 3.8) is 0 Å². The van der Waals surface area contributed by atoms with Gasteiger partial charge in [0.05, 0.1) is 0 Å². The van der Waals surface area contributed by atoms with E-state index in [1.807, 2.05) is 0 Å². The highest BCUT2D eigenvalue weighted by molar-refractivity contribution is 5.78. The van der Waals surface area contributed by atoms with E-state index in [0.717, 1.165) is 71.2 Å². The van der Waals surface area contributed by atoms with Crippen LogP contribution in [0.25, 0.3) is 0 Å². The van der Waals surface area contributed by atoms with Gasteiger partial charge in [0.25, 0.3) is 0 Å². The molecule has 0 aliphatic carbocycles. The molecule has 5 heteroatoms. The third-order valence-corrected chi connectivity index (χ3v) is 5.66. The standard InChI is InChI=1S/C20H37N3O2/c1-4-5-6-19(24)23-13-9-18(10-14-23)22-11-7-17(8-12-22)20(25)21-15-16(2)3/h16-18H,4-15H2,1-3H3,(H,21,25). The molecule has 5 nitrogen and oxygen atoms in total. The Morgan fingerprint density at radius 1 is 1.04 bits per heavy atom. The molecule has 2 aliphatic rings. The Morgan fingerprint density at radius 2 is 1.68 bits per heavy atom. The molecule has 0 spiro atoms. The van der Waals surface area contributed by atoms with E-state index in [9.17, 15) is 9.59 Å². The number of hydrogen-bond donors (Lipinski definition) is 1.